The number of hydrogen-bond acceptors (Lipinski definition) is 4. The van der Waals surface area contributed by atoms with Crippen LogP contribution >= 0.6 is 0 Å². The Labute approximate surface area is 168 Å². The molecule has 7 nitrogen and oxygen atoms in total. The minimum Gasteiger partial charge on any atom is -0.503 e. The number of nitrogens with one attached hydrogen (secondary N) is 1. The molecule has 30 heavy (non-hydrogen) atoms. The van der Waals surface area contributed by atoms with Crippen molar-refractivity contribution in [2.75, 3.05) is 13.1 Å². The number of rotatable bonds is 3. The Morgan fingerprint density at radius 3 is 2.77 bits per heavy atom. The van der Waals surface area contributed by atoms with Crippen LogP contribution < -0.4 is 10.7 Å². The molecule has 10 heteroatoms. The first-order chi connectivity index (χ1) is 14.3. The van der Waals surface area contributed by atoms with Gasteiger partial charge in [0.2, 0.25) is 5.43 Å². The molecule has 3 heterocycles. The van der Waals surface area contributed by atoms with Crippen molar-refractivity contribution in [3.8, 4) is 5.75 Å². The van der Waals surface area contributed by atoms with Crippen LogP contribution in [0.3, 0.4) is 0 Å². The Hall–Kier alpha value is -3.30. The molecular weight excluding hydrogens is 403 g/mol. The fourth-order valence-corrected chi connectivity index (χ4v) is 3.88. The summed E-state index contributed by atoms with van der Waals surface area (Å²) < 4.78 is 42.1. The fraction of sp³-hybridized carbons (Fsp3) is 0.350. The van der Waals surface area contributed by atoms with Gasteiger partial charge in [0.25, 0.3) is 11.8 Å². The molecule has 0 saturated carbocycles. The number of aromatic hydroxyl groups is 1. The standard InChI is InChI=1S/C20H18F3N3O4/c21-11-2-1-10(15(23)6-11)7-24-19(29)14-9-26-13-5-12(22)3-4-25(8-13)20(30)16(26)18(28)17(14)27/h1-2,6,9,12-13,28H,3-5,7-8H2,(H,24,29)/t12-,13+/m0/s1. The minimum atomic E-state index is -1.17. The molecule has 1 aromatic heterocycles. The summed E-state index contributed by atoms with van der Waals surface area (Å²) in [7, 11) is 0. The first kappa shape index (κ1) is 20.0. The molecule has 2 bridgehead atoms. The molecule has 2 amide bonds. The van der Waals surface area contributed by atoms with Gasteiger partial charge in [0, 0.05) is 43.9 Å². The lowest BCUT2D eigenvalue weighted by molar-refractivity contribution is 0.0677. The summed E-state index contributed by atoms with van der Waals surface area (Å²) in [6, 6.07) is 2.31. The quantitative estimate of drug-likeness (QED) is 0.792. The van der Waals surface area contributed by atoms with Crippen molar-refractivity contribution in [1.29, 1.82) is 0 Å². The summed E-state index contributed by atoms with van der Waals surface area (Å²) in [5.41, 5.74) is -1.78. The van der Waals surface area contributed by atoms with Crippen molar-refractivity contribution >= 4 is 11.8 Å². The summed E-state index contributed by atoms with van der Waals surface area (Å²) in [6.45, 7) is 0.0571. The second-order valence-electron chi connectivity index (χ2n) is 7.42. The minimum absolute atomic E-state index is 0.00175. The van der Waals surface area contributed by atoms with E-state index in [9.17, 15) is 32.7 Å². The van der Waals surface area contributed by atoms with Gasteiger partial charge in [-0.2, -0.15) is 0 Å². The third kappa shape index (κ3) is 3.42. The highest BCUT2D eigenvalue weighted by molar-refractivity contribution is 5.99. The zero-order chi connectivity index (χ0) is 21.6. The monoisotopic (exact) mass is 421 g/mol. The Balaban J connectivity index is 1.67. The molecule has 2 aliphatic heterocycles. The van der Waals surface area contributed by atoms with Crippen LogP contribution in [0.1, 0.15) is 45.3 Å². The normalized spacial score (nSPS) is 20.5. The number of hydrogen-bond donors (Lipinski definition) is 2. The average Bonchev–Trinajstić information content (AvgIpc) is 2.87. The van der Waals surface area contributed by atoms with E-state index < -0.39 is 52.4 Å². The van der Waals surface area contributed by atoms with Crippen molar-refractivity contribution in [3.05, 3.63) is 63.1 Å². The van der Waals surface area contributed by atoms with Crippen LogP contribution in [0.25, 0.3) is 0 Å². The van der Waals surface area contributed by atoms with E-state index in [-0.39, 0.29) is 43.7 Å². The van der Waals surface area contributed by atoms with Gasteiger partial charge in [-0.05, 0) is 12.5 Å². The van der Waals surface area contributed by atoms with Crippen LogP contribution in [-0.2, 0) is 6.54 Å². The van der Waals surface area contributed by atoms with Gasteiger partial charge in [-0.15, -0.1) is 0 Å². The van der Waals surface area contributed by atoms with Crippen LogP contribution in [-0.4, -0.2) is 45.6 Å². The number of alkyl halides is 1. The second-order valence-corrected chi connectivity index (χ2v) is 7.42. The fourth-order valence-electron chi connectivity index (χ4n) is 3.88. The number of pyridine rings is 1. The number of fused-ring (bicyclic) bond motifs is 4. The van der Waals surface area contributed by atoms with E-state index in [1.165, 1.54) is 9.47 Å². The van der Waals surface area contributed by atoms with Gasteiger partial charge in [-0.1, -0.05) is 6.07 Å². The second kappa shape index (κ2) is 7.51. The number of benzene rings is 1. The van der Waals surface area contributed by atoms with Gasteiger partial charge in [0.1, 0.15) is 23.4 Å². The van der Waals surface area contributed by atoms with Gasteiger partial charge in [0.15, 0.2) is 11.4 Å². The lowest BCUT2D eigenvalue weighted by Crippen LogP contribution is -2.44. The Kier molecular flexibility index (Phi) is 5.00. The first-order valence-electron chi connectivity index (χ1n) is 9.40. The van der Waals surface area contributed by atoms with E-state index in [0.29, 0.717) is 6.07 Å². The molecule has 2 aromatic rings. The van der Waals surface area contributed by atoms with Crippen LogP contribution in [0.4, 0.5) is 13.2 Å². The Morgan fingerprint density at radius 2 is 2.03 bits per heavy atom. The maximum atomic E-state index is 14.1. The summed E-state index contributed by atoms with van der Waals surface area (Å²) in [5, 5.41) is 12.7. The summed E-state index contributed by atoms with van der Waals surface area (Å²) in [6.07, 6.45) is 0.185. The lowest BCUT2D eigenvalue weighted by Gasteiger charge is -2.34. The number of carbonyl (C=O) groups excluding carboxylic acids is 2. The molecule has 1 aromatic carbocycles. The van der Waals surface area contributed by atoms with E-state index in [4.69, 9.17) is 0 Å². The molecule has 2 atom stereocenters. The van der Waals surface area contributed by atoms with E-state index >= 15 is 0 Å². The Morgan fingerprint density at radius 1 is 1.27 bits per heavy atom. The van der Waals surface area contributed by atoms with Crippen molar-refractivity contribution < 1.29 is 27.9 Å². The maximum absolute atomic E-state index is 14.1. The van der Waals surface area contributed by atoms with E-state index in [0.717, 1.165) is 18.3 Å². The largest absolute Gasteiger partial charge is 0.503 e. The average molecular weight is 421 g/mol. The Bertz CT molecular complexity index is 1100. The van der Waals surface area contributed by atoms with Crippen LogP contribution in [0, 0.1) is 11.6 Å². The van der Waals surface area contributed by atoms with E-state index in [2.05, 4.69) is 5.32 Å². The third-order valence-electron chi connectivity index (χ3n) is 5.46. The zero-order valence-electron chi connectivity index (χ0n) is 15.7. The number of halogens is 3. The topological polar surface area (TPSA) is 91.6 Å². The van der Waals surface area contributed by atoms with Gasteiger partial charge in [-0.25, -0.2) is 13.2 Å². The van der Waals surface area contributed by atoms with Gasteiger partial charge >= 0.3 is 0 Å². The molecular formula is C20H18F3N3O4. The molecule has 0 aliphatic carbocycles. The highest BCUT2D eigenvalue weighted by Crippen LogP contribution is 2.32. The predicted molar refractivity (Wildman–Crippen MR) is 99.0 cm³/mol. The number of carbonyl (C=O) groups is 2. The van der Waals surface area contributed by atoms with Gasteiger partial charge in [-0.3, -0.25) is 14.4 Å². The highest BCUT2D eigenvalue weighted by atomic mass is 19.1. The van der Waals surface area contributed by atoms with Crippen LogP contribution in [0.5, 0.6) is 5.75 Å². The molecule has 1 saturated heterocycles. The van der Waals surface area contributed by atoms with Crippen molar-refractivity contribution in [2.45, 2.75) is 31.6 Å². The molecule has 4 rings (SSSR count). The van der Waals surface area contributed by atoms with Crippen molar-refractivity contribution in [3.63, 3.8) is 0 Å². The number of amides is 2. The van der Waals surface area contributed by atoms with E-state index in [1.54, 1.807) is 0 Å². The highest BCUT2D eigenvalue weighted by Gasteiger charge is 2.38. The number of nitrogens with zero attached hydrogens (tertiary/aromatic N) is 2. The first-order valence-corrected chi connectivity index (χ1v) is 9.40. The summed E-state index contributed by atoms with van der Waals surface area (Å²) in [4.78, 5) is 39.1. The van der Waals surface area contributed by atoms with Gasteiger partial charge in [0.05, 0.1) is 6.04 Å². The molecule has 2 N–H and O–H groups in total. The molecule has 0 unspecified atom stereocenters. The molecule has 158 valence electrons. The number of aromatic nitrogens is 1. The summed E-state index contributed by atoms with van der Waals surface area (Å²) in [5.74, 6) is -4.02. The maximum Gasteiger partial charge on any atom is 0.274 e. The van der Waals surface area contributed by atoms with Gasteiger partial charge < -0.3 is 19.9 Å². The van der Waals surface area contributed by atoms with E-state index in [1.807, 2.05) is 0 Å². The zero-order valence-corrected chi connectivity index (χ0v) is 15.7. The molecule has 0 radical (unpaired) electrons. The van der Waals surface area contributed by atoms with Crippen molar-refractivity contribution in [1.82, 2.24) is 14.8 Å². The molecule has 1 fully saturated rings. The third-order valence-corrected chi connectivity index (χ3v) is 5.46. The molecule has 0 spiro atoms. The van der Waals surface area contributed by atoms with Crippen LogP contribution in [0.15, 0.2) is 29.2 Å². The van der Waals surface area contributed by atoms with Crippen LogP contribution in [0.2, 0.25) is 0 Å². The lowest BCUT2D eigenvalue weighted by atomic mass is 10.0. The van der Waals surface area contributed by atoms with Crippen molar-refractivity contribution in [2.24, 2.45) is 0 Å². The predicted octanol–water partition coefficient (Wildman–Crippen LogP) is 1.89. The summed E-state index contributed by atoms with van der Waals surface area (Å²) >= 11 is 0. The smallest absolute Gasteiger partial charge is 0.274 e. The molecule has 2 aliphatic rings. The SMILES string of the molecule is O=C(NCc1ccc(F)cc1F)c1cn2c(c(O)c1=O)C(=O)N1CC[C@H](F)C[C@@H]2C1.